The van der Waals surface area contributed by atoms with Gasteiger partial charge in [-0.3, -0.25) is 4.79 Å². The minimum absolute atomic E-state index is 0.321. The molecule has 3 nitrogen and oxygen atoms in total. The second-order valence-corrected chi connectivity index (χ2v) is 5.20. The molecule has 0 aromatic rings. The van der Waals surface area contributed by atoms with Gasteiger partial charge in [-0.25, -0.2) is 0 Å². The molecule has 1 N–H and O–H groups in total. The van der Waals surface area contributed by atoms with E-state index in [1.54, 1.807) is 0 Å². The zero-order valence-electron chi connectivity index (χ0n) is 10.4. The summed E-state index contributed by atoms with van der Waals surface area (Å²) in [5, 5.41) is 3.24. The zero-order valence-corrected chi connectivity index (χ0v) is 10.4. The van der Waals surface area contributed by atoms with Crippen LogP contribution in [0.15, 0.2) is 0 Å². The molecule has 1 atom stereocenters. The van der Waals surface area contributed by atoms with Crippen LogP contribution in [0.2, 0.25) is 0 Å². The Labute approximate surface area is 98.6 Å². The maximum Gasteiger partial charge on any atom is 0.223 e. The van der Waals surface area contributed by atoms with E-state index in [9.17, 15) is 4.79 Å². The molecular formula is C13H24N2O. The van der Waals surface area contributed by atoms with Gasteiger partial charge in [-0.2, -0.15) is 0 Å². The predicted molar refractivity (Wildman–Crippen MR) is 65.2 cm³/mol. The molecule has 16 heavy (non-hydrogen) atoms. The van der Waals surface area contributed by atoms with Crippen LogP contribution < -0.4 is 5.32 Å². The highest BCUT2D eigenvalue weighted by molar-refractivity contribution is 5.79. The Balaban J connectivity index is 1.74. The summed E-state index contributed by atoms with van der Waals surface area (Å²) in [5.74, 6) is 0.659. The second-order valence-electron chi connectivity index (χ2n) is 5.20. The highest BCUT2D eigenvalue weighted by atomic mass is 16.2. The van der Waals surface area contributed by atoms with E-state index in [1.807, 2.05) is 0 Å². The van der Waals surface area contributed by atoms with Crippen molar-refractivity contribution >= 4 is 5.91 Å². The molecule has 1 amide bonds. The molecule has 1 saturated heterocycles. The Kier molecular flexibility index (Phi) is 4.22. The zero-order chi connectivity index (χ0) is 11.4. The van der Waals surface area contributed by atoms with Gasteiger partial charge in [-0.1, -0.05) is 13.3 Å². The van der Waals surface area contributed by atoms with E-state index in [0.29, 0.717) is 17.9 Å². The molecule has 2 fully saturated rings. The predicted octanol–water partition coefficient (Wildman–Crippen LogP) is 1.78. The number of rotatable bonds is 3. The quantitative estimate of drug-likeness (QED) is 0.792. The number of hydrogen-bond donors (Lipinski definition) is 1. The fourth-order valence-corrected chi connectivity index (χ4v) is 2.61. The first-order valence-electron chi connectivity index (χ1n) is 6.82. The van der Waals surface area contributed by atoms with Crippen LogP contribution in [-0.4, -0.2) is 36.5 Å². The summed E-state index contributed by atoms with van der Waals surface area (Å²) < 4.78 is 0. The van der Waals surface area contributed by atoms with Crippen molar-refractivity contribution in [3.8, 4) is 0 Å². The van der Waals surface area contributed by atoms with Crippen LogP contribution in [0.3, 0.4) is 0 Å². The largest absolute Gasteiger partial charge is 0.353 e. The van der Waals surface area contributed by atoms with Crippen molar-refractivity contribution in [1.29, 1.82) is 0 Å². The molecule has 0 aromatic heterocycles. The molecule has 2 aliphatic rings. The Hall–Kier alpha value is -0.570. The van der Waals surface area contributed by atoms with Gasteiger partial charge in [0.25, 0.3) is 0 Å². The lowest BCUT2D eigenvalue weighted by Gasteiger charge is -2.27. The highest BCUT2D eigenvalue weighted by Crippen LogP contribution is 2.26. The lowest BCUT2D eigenvalue weighted by Crippen LogP contribution is -2.41. The Bertz CT molecular complexity index is 238. The average Bonchev–Trinajstić information content (AvgIpc) is 2.40. The molecule has 1 heterocycles. The molecule has 3 heteroatoms. The van der Waals surface area contributed by atoms with Crippen molar-refractivity contribution in [3.05, 3.63) is 0 Å². The van der Waals surface area contributed by atoms with E-state index in [-0.39, 0.29) is 0 Å². The second kappa shape index (κ2) is 5.67. The number of nitrogens with one attached hydrogen (secondary N) is 1. The molecule has 92 valence electrons. The molecule has 1 saturated carbocycles. The third-order valence-corrected chi connectivity index (χ3v) is 4.09. The molecular weight excluding hydrogens is 200 g/mol. The summed E-state index contributed by atoms with van der Waals surface area (Å²) in [6, 6.07) is 0.435. The standard InChI is InChI=1S/C13H24N2O/c1-2-15-9-4-7-12(8-10-15)14-13(16)11-5-3-6-11/h11-12H,2-10H2,1H3,(H,14,16). The summed E-state index contributed by atoms with van der Waals surface area (Å²) in [6.45, 7) is 5.70. The van der Waals surface area contributed by atoms with Gasteiger partial charge in [-0.05, 0) is 45.2 Å². The Morgan fingerprint density at radius 1 is 1.19 bits per heavy atom. The SMILES string of the molecule is CCN1CCCC(NC(=O)C2CCC2)CC1. The van der Waals surface area contributed by atoms with Crippen LogP contribution in [0, 0.1) is 5.92 Å². The molecule has 2 rings (SSSR count). The molecule has 1 aliphatic heterocycles. The molecule has 0 spiro atoms. The van der Waals surface area contributed by atoms with E-state index in [1.165, 1.54) is 19.4 Å². The van der Waals surface area contributed by atoms with E-state index in [2.05, 4.69) is 17.1 Å². The van der Waals surface area contributed by atoms with Gasteiger partial charge in [0.05, 0.1) is 0 Å². The molecule has 1 aliphatic carbocycles. The molecule has 0 radical (unpaired) electrons. The highest BCUT2D eigenvalue weighted by Gasteiger charge is 2.27. The number of hydrogen-bond acceptors (Lipinski definition) is 2. The topological polar surface area (TPSA) is 32.3 Å². The maximum atomic E-state index is 11.8. The number of carbonyl (C=O) groups excluding carboxylic acids is 1. The van der Waals surface area contributed by atoms with E-state index < -0.39 is 0 Å². The Morgan fingerprint density at radius 3 is 2.62 bits per heavy atom. The van der Waals surface area contributed by atoms with Gasteiger partial charge in [0, 0.05) is 18.5 Å². The maximum absolute atomic E-state index is 11.8. The first kappa shape index (κ1) is 11.9. The molecule has 1 unspecified atom stereocenters. The van der Waals surface area contributed by atoms with Crippen LogP contribution in [0.4, 0.5) is 0 Å². The first-order chi connectivity index (χ1) is 7.79. The summed E-state index contributed by atoms with van der Waals surface area (Å²) in [5.41, 5.74) is 0. The van der Waals surface area contributed by atoms with Crippen LogP contribution in [0.25, 0.3) is 0 Å². The first-order valence-corrected chi connectivity index (χ1v) is 6.82. The van der Waals surface area contributed by atoms with Crippen molar-refractivity contribution in [2.24, 2.45) is 5.92 Å². The van der Waals surface area contributed by atoms with Crippen molar-refractivity contribution in [3.63, 3.8) is 0 Å². The summed E-state index contributed by atoms with van der Waals surface area (Å²) in [4.78, 5) is 14.3. The van der Waals surface area contributed by atoms with Gasteiger partial charge in [0.15, 0.2) is 0 Å². The van der Waals surface area contributed by atoms with Crippen molar-refractivity contribution in [1.82, 2.24) is 10.2 Å². The van der Waals surface area contributed by atoms with Crippen LogP contribution >= 0.6 is 0 Å². The van der Waals surface area contributed by atoms with E-state index >= 15 is 0 Å². The number of likely N-dealkylation sites (tertiary alicyclic amines) is 1. The third kappa shape index (κ3) is 2.97. The molecule has 0 aromatic carbocycles. The van der Waals surface area contributed by atoms with Crippen molar-refractivity contribution in [2.45, 2.75) is 51.5 Å². The van der Waals surface area contributed by atoms with Crippen molar-refractivity contribution < 1.29 is 4.79 Å². The van der Waals surface area contributed by atoms with Gasteiger partial charge in [0.1, 0.15) is 0 Å². The smallest absolute Gasteiger partial charge is 0.223 e. The van der Waals surface area contributed by atoms with E-state index in [0.717, 1.165) is 38.8 Å². The fraction of sp³-hybridized carbons (Fsp3) is 0.923. The van der Waals surface area contributed by atoms with E-state index in [4.69, 9.17) is 0 Å². The third-order valence-electron chi connectivity index (χ3n) is 4.09. The van der Waals surface area contributed by atoms with Crippen LogP contribution in [0.1, 0.15) is 45.4 Å². The van der Waals surface area contributed by atoms with Gasteiger partial charge in [-0.15, -0.1) is 0 Å². The average molecular weight is 224 g/mol. The number of amides is 1. The summed E-state index contributed by atoms with van der Waals surface area (Å²) in [7, 11) is 0. The molecule has 0 bridgehead atoms. The summed E-state index contributed by atoms with van der Waals surface area (Å²) >= 11 is 0. The lowest BCUT2D eigenvalue weighted by molar-refractivity contribution is -0.128. The van der Waals surface area contributed by atoms with Crippen LogP contribution in [0.5, 0.6) is 0 Å². The van der Waals surface area contributed by atoms with Gasteiger partial charge in [0.2, 0.25) is 5.91 Å². The summed E-state index contributed by atoms with van der Waals surface area (Å²) in [6.07, 6.45) is 6.98. The normalized spacial score (nSPS) is 28.2. The Morgan fingerprint density at radius 2 is 2.00 bits per heavy atom. The fourth-order valence-electron chi connectivity index (χ4n) is 2.61. The monoisotopic (exact) mass is 224 g/mol. The minimum atomic E-state index is 0.321. The van der Waals surface area contributed by atoms with Crippen LogP contribution in [-0.2, 0) is 4.79 Å². The minimum Gasteiger partial charge on any atom is -0.353 e. The number of nitrogens with zero attached hydrogens (tertiary/aromatic N) is 1. The van der Waals surface area contributed by atoms with Gasteiger partial charge < -0.3 is 10.2 Å². The lowest BCUT2D eigenvalue weighted by atomic mass is 9.84. The van der Waals surface area contributed by atoms with Gasteiger partial charge >= 0.3 is 0 Å². The van der Waals surface area contributed by atoms with Crippen molar-refractivity contribution in [2.75, 3.05) is 19.6 Å². The number of carbonyl (C=O) groups is 1.